The number of aryl methyl sites for hydroxylation is 1. The summed E-state index contributed by atoms with van der Waals surface area (Å²) in [6.45, 7) is 3.78. The van der Waals surface area contributed by atoms with Crippen LogP contribution in [0.5, 0.6) is 0 Å². The van der Waals surface area contributed by atoms with E-state index in [-0.39, 0.29) is 11.9 Å². The highest BCUT2D eigenvalue weighted by molar-refractivity contribution is 5.86. The monoisotopic (exact) mass is 218 g/mol. The lowest BCUT2D eigenvalue weighted by atomic mass is 10.2. The first-order valence-electron chi connectivity index (χ1n) is 5.06. The van der Waals surface area contributed by atoms with Crippen molar-refractivity contribution in [2.24, 2.45) is 10.9 Å². The zero-order valence-corrected chi connectivity index (χ0v) is 9.25. The number of fused-ring (bicyclic) bond motifs is 1. The number of aromatic nitrogens is 2. The van der Waals surface area contributed by atoms with Crippen molar-refractivity contribution in [2.75, 3.05) is 0 Å². The van der Waals surface area contributed by atoms with Crippen LogP contribution in [0.15, 0.2) is 29.4 Å². The Labute approximate surface area is 93.2 Å². The highest BCUT2D eigenvalue weighted by Crippen LogP contribution is 2.20. The fourth-order valence-electron chi connectivity index (χ4n) is 1.87. The molecule has 2 rings (SSSR count). The second-order valence-electron chi connectivity index (χ2n) is 3.72. The number of para-hydroxylation sites is 2. The molecule has 0 fully saturated rings. The van der Waals surface area contributed by atoms with Gasteiger partial charge in [-0.25, -0.2) is 4.98 Å². The van der Waals surface area contributed by atoms with Gasteiger partial charge in [0.2, 0.25) is 0 Å². The van der Waals surface area contributed by atoms with Crippen LogP contribution in [0, 0.1) is 6.92 Å². The Balaban J connectivity index is 2.63. The second kappa shape index (κ2) is 3.84. The zero-order chi connectivity index (χ0) is 11.7. The number of amidine groups is 1. The molecule has 0 amide bonds. The maximum Gasteiger partial charge on any atom is 0.162 e. The number of nitrogens with zero attached hydrogens (tertiary/aromatic N) is 3. The maximum absolute atomic E-state index is 8.70. The smallest absolute Gasteiger partial charge is 0.162 e. The molecule has 0 spiro atoms. The number of hydrogen-bond donors (Lipinski definition) is 2. The number of imidazole rings is 1. The van der Waals surface area contributed by atoms with Gasteiger partial charge >= 0.3 is 0 Å². The number of oxime groups is 1. The van der Waals surface area contributed by atoms with E-state index < -0.39 is 0 Å². The molecular weight excluding hydrogens is 204 g/mol. The summed E-state index contributed by atoms with van der Waals surface area (Å²) in [6.07, 6.45) is 0. The first kappa shape index (κ1) is 10.5. The lowest BCUT2D eigenvalue weighted by Crippen LogP contribution is -2.25. The number of hydrogen-bond acceptors (Lipinski definition) is 3. The van der Waals surface area contributed by atoms with Crippen LogP contribution in [0.1, 0.15) is 18.8 Å². The van der Waals surface area contributed by atoms with Gasteiger partial charge in [-0.3, -0.25) is 0 Å². The molecule has 0 aliphatic rings. The standard InChI is InChI=1S/C11H14N4O/c1-7(11(12)14-16)15-8(2)13-9-5-3-4-6-10(9)15/h3-7,16H,1-2H3,(H2,12,14). The van der Waals surface area contributed by atoms with Crippen molar-refractivity contribution in [3.8, 4) is 0 Å². The minimum Gasteiger partial charge on any atom is -0.409 e. The Morgan fingerprint density at radius 2 is 2.19 bits per heavy atom. The van der Waals surface area contributed by atoms with E-state index in [0.717, 1.165) is 16.9 Å². The summed E-state index contributed by atoms with van der Waals surface area (Å²) >= 11 is 0. The minimum atomic E-state index is -0.211. The predicted octanol–water partition coefficient (Wildman–Crippen LogP) is 1.65. The molecule has 1 atom stereocenters. The van der Waals surface area contributed by atoms with Gasteiger partial charge in [0.25, 0.3) is 0 Å². The lowest BCUT2D eigenvalue weighted by Gasteiger charge is -2.14. The number of nitrogens with two attached hydrogens (primary N) is 1. The van der Waals surface area contributed by atoms with Gasteiger partial charge in [0.15, 0.2) is 5.84 Å². The van der Waals surface area contributed by atoms with E-state index in [4.69, 9.17) is 10.9 Å². The lowest BCUT2D eigenvalue weighted by molar-refractivity contribution is 0.314. The van der Waals surface area contributed by atoms with Gasteiger partial charge in [-0.1, -0.05) is 17.3 Å². The van der Waals surface area contributed by atoms with Crippen LogP contribution in [0.2, 0.25) is 0 Å². The summed E-state index contributed by atoms with van der Waals surface area (Å²) in [5, 5.41) is 11.7. The van der Waals surface area contributed by atoms with E-state index in [1.54, 1.807) is 0 Å². The van der Waals surface area contributed by atoms with Crippen molar-refractivity contribution < 1.29 is 5.21 Å². The van der Waals surface area contributed by atoms with Crippen LogP contribution < -0.4 is 5.73 Å². The Bertz CT molecular complexity index is 544. The summed E-state index contributed by atoms with van der Waals surface area (Å²) in [4.78, 5) is 4.42. The predicted molar refractivity (Wildman–Crippen MR) is 62.6 cm³/mol. The highest BCUT2D eigenvalue weighted by Gasteiger charge is 2.15. The van der Waals surface area contributed by atoms with Crippen LogP contribution in [0.3, 0.4) is 0 Å². The molecule has 16 heavy (non-hydrogen) atoms. The molecule has 1 unspecified atom stereocenters. The molecule has 0 bridgehead atoms. The van der Waals surface area contributed by atoms with Gasteiger partial charge in [0.05, 0.1) is 17.1 Å². The summed E-state index contributed by atoms with van der Waals surface area (Å²) < 4.78 is 1.95. The van der Waals surface area contributed by atoms with Crippen LogP contribution >= 0.6 is 0 Å². The summed E-state index contributed by atoms with van der Waals surface area (Å²) in [7, 11) is 0. The van der Waals surface area contributed by atoms with Gasteiger partial charge in [-0.15, -0.1) is 0 Å². The van der Waals surface area contributed by atoms with Gasteiger partial charge in [-0.2, -0.15) is 0 Å². The summed E-state index contributed by atoms with van der Waals surface area (Å²) in [5.41, 5.74) is 7.52. The largest absolute Gasteiger partial charge is 0.409 e. The summed E-state index contributed by atoms with van der Waals surface area (Å²) in [5.74, 6) is 1.02. The molecule has 2 aromatic rings. The molecule has 0 aliphatic heterocycles. The van der Waals surface area contributed by atoms with E-state index in [2.05, 4.69) is 10.1 Å². The van der Waals surface area contributed by atoms with E-state index >= 15 is 0 Å². The molecule has 3 N–H and O–H groups in total. The second-order valence-corrected chi connectivity index (χ2v) is 3.72. The molecule has 0 aliphatic carbocycles. The van der Waals surface area contributed by atoms with Crippen molar-refractivity contribution in [3.05, 3.63) is 30.1 Å². The van der Waals surface area contributed by atoms with E-state index in [1.165, 1.54) is 0 Å². The molecule has 84 valence electrons. The Morgan fingerprint density at radius 3 is 2.88 bits per heavy atom. The van der Waals surface area contributed by atoms with Crippen LogP contribution in [0.4, 0.5) is 0 Å². The van der Waals surface area contributed by atoms with Gasteiger partial charge < -0.3 is 15.5 Å². The normalized spacial score (nSPS) is 14.2. The molecule has 5 heteroatoms. The first-order chi connectivity index (χ1) is 7.65. The molecule has 1 aromatic carbocycles. The van der Waals surface area contributed by atoms with E-state index in [9.17, 15) is 0 Å². The van der Waals surface area contributed by atoms with Crippen molar-refractivity contribution in [1.29, 1.82) is 0 Å². The molecule has 0 saturated carbocycles. The fourth-order valence-corrected chi connectivity index (χ4v) is 1.87. The van der Waals surface area contributed by atoms with Crippen LogP contribution in [-0.4, -0.2) is 20.6 Å². The summed E-state index contributed by atoms with van der Waals surface area (Å²) in [6, 6.07) is 7.58. The van der Waals surface area contributed by atoms with E-state index in [0.29, 0.717) is 0 Å². The third kappa shape index (κ3) is 1.50. The van der Waals surface area contributed by atoms with Crippen molar-refractivity contribution >= 4 is 16.9 Å². The molecule has 0 radical (unpaired) electrons. The quantitative estimate of drug-likeness (QED) is 0.348. The maximum atomic E-state index is 8.70. The zero-order valence-electron chi connectivity index (χ0n) is 9.25. The molecule has 1 aromatic heterocycles. The van der Waals surface area contributed by atoms with Crippen molar-refractivity contribution in [3.63, 3.8) is 0 Å². The van der Waals surface area contributed by atoms with E-state index in [1.807, 2.05) is 42.7 Å². The van der Waals surface area contributed by atoms with Crippen LogP contribution in [-0.2, 0) is 0 Å². The van der Waals surface area contributed by atoms with Gasteiger partial charge in [0, 0.05) is 0 Å². The molecule has 1 heterocycles. The van der Waals surface area contributed by atoms with Gasteiger partial charge in [-0.05, 0) is 26.0 Å². The average Bonchev–Trinajstić information content (AvgIpc) is 2.63. The molecular formula is C11H14N4O. The Kier molecular flexibility index (Phi) is 2.52. The Hall–Kier alpha value is -2.04. The first-order valence-corrected chi connectivity index (χ1v) is 5.06. The SMILES string of the molecule is Cc1nc2ccccc2n1C(C)C(N)=NO. The third-order valence-electron chi connectivity index (χ3n) is 2.70. The molecule has 5 nitrogen and oxygen atoms in total. The number of rotatable bonds is 2. The minimum absolute atomic E-state index is 0.172. The highest BCUT2D eigenvalue weighted by atomic mass is 16.4. The van der Waals surface area contributed by atoms with Crippen LogP contribution in [0.25, 0.3) is 11.0 Å². The Morgan fingerprint density at radius 1 is 1.50 bits per heavy atom. The van der Waals surface area contributed by atoms with Crippen molar-refractivity contribution in [1.82, 2.24) is 9.55 Å². The average molecular weight is 218 g/mol. The molecule has 0 saturated heterocycles. The fraction of sp³-hybridized carbons (Fsp3) is 0.273. The number of benzene rings is 1. The van der Waals surface area contributed by atoms with Gasteiger partial charge in [0.1, 0.15) is 5.82 Å². The third-order valence-corrected chi connectivity index (χ3v) is 2.70. The van der Waals surface area contributed by atoms with Crippen molar-refractivity contribution in [2.45, 2.75) is 19.9 Å². The topological polar surface area (TPSA) is 76.4 Å².